The molecule has 0 bridgehead atoms. The maximum absolute atomic E-state index is 13.3. The van der Waals surface area contributed by atoms with Crippen molar-refractivity contribution < 1.29 is 4.79 Å². The predicted octanol–water partition coefficient (Wildman–Crippen LogP) is 4.29. The van der Waals surface area contributed by atoms with Crippen molar-refractivity contribution >= 4 is 17.7 Å². The number of carbonyl (C=O) groups is 1. The number of pyridine rings is 1. The van der Waals surface area contributed by atoms with Crippen molar-refractivity contribution in [3.8, 4) is 11.3 Å². The van der Waals surface area contributed by atoms with Crippen molar-refractivity contribution in [2.75, 3.05) is 18.5 Å². The minimum Gasteiger partial charge on any atom is -0.292 e. The number of aromatic nitrogens is 3. The van der Waals surface area contributed by atoms with E-state index in [0.717, 1.165) is 52.3 Å². The molecule has 2 aliphatic heterocycles. The first kappa shape index (κ1) is 21.4. The van der Waals surface area contributed by atoms with Gasteiger partial charge in [0.2, 0.25) is 5.96 Å². The smallest absolute Gasteiger partial charge is 0.266 e. The number of hydrogen-bond acceptors (Lipinski definition) is 5. The molecule has 0 atom stereocenters. The standard InChI is InChI=1S/C26H30N6O/c1-6-7-21-22-23(31-16-26(3,4)28-25(31)30(5)24(22)33)29-32(21)15-18-9-11-19(12-10-18)20-13-8-17(2)14-27-20/h8-14H,6-7,15-16H2,1-5H3. The Labute approximate surface area is 194 Å². The van der Waals surface area contributed by atoms with Crippen molar-refractivity contribution in [1.82, 2.24) is 19.7 Å². The van der Waals surface area contributed by atoms with Gasteiger partial charge in [0.1, 0.15) is 5.56 Å². The number of benzene rings is 1. The fourth-order valence-electron chi connectivity index (χ4n) is 4.61. The second-order valence-corrected chi connectivity index (χ2v) is 9.65. The Hall–Kier alpha value is -3.48. The third kappa shape index (κ3) is 3.71. The summed E-state index contributed by atoms with van der Waals surface area (Å²) in [6.07, 6.45) is 3.64. The lowest BCUT2D eigenvalue weighted by Gasteiger charge is -2.30. The van der Waals surface area contributed by atoms with Gasteiger partial charge in [0.05, 0.1) is 30.0 Å². The molecule has 2 aromatic heterocycles. The molecule has 0 N–H and O–H groups in total. The van der Waals surface area contributed by atoms with E-state index >= 15 is 0 Å². The highest BCUT2D eigenvalue weighted by atomic mass is 16.2. The van der Waals surface area contributed by atoms with E-state index in [1.54, 1.807) is 4.90 Å². The van der Waals surface area contributed by atoms with Crippen molar-refractivity contribution in [1.29, 1.82) is 0 Å². The van der Waals surface area contributed by atoms with Crippen molar-refractivity contribution in [2.24, 2.45) is 4.99 Å². The Morgan fingerprint density at radius 3 is 2.52 bits per heavy atom. The molecular formula is C26H30N6O. The van der Waals surface area contributed by atoms with Gasteiger partial charge in [-0.3, -0.25) is 24.3 Å². The molecule has 170 valence electrons. The fourth-order valence-corrected chi connectivity index (χ4v) is 4.61. The minimum atomic E-state index is -0.250. The van der Waals surface area contributed by atoms with Gasteiger partial charge in [-0.1, -0.05) is 43.7 Å². The summed E-state index contributed by atoms with van der Waals surface area (Å²) < 4.78 is 2.01. The van der Waals surface area contributed by atoms with Crippen LogP contribution >= 0.6 is 0 Å². The molecule has 0 unspecified atom stereocenters. The van der Waals surface area contributed by atoms with Gasteiger partial charge in [0, 0.05) is 18.8 Å². The van der Waals surface area contributed by atoms with E-state index in [9.17, 15) is 4.79 Å². The molecule has 0 radical (unpaired) electrons. The average Bonchev–Trinajstić information content (AvgIpc) is 3.31. The highest BCUT2D eigenvalue weighted by molar-refractivity contribution is 6.19. The number of aliphatic imine (C=N–C) groups is 1. The van der Waals surface area contributed by atoms with Gasteiger partial charge in [-0.2, -0.15) is 5.10 Å². The fraction of sp³-hybridized carbons (Fsp3) is 0.385. The van der Waals surface area contributed by atoms with Crippen molar-refractivity contribution in [3.63, 3.8) is 0 Å². The number of guanidine groups is 1. The van der Waals surface area contributed by atoms with Crippen molar-refractivity contribution in [3.05, 3.63) is 65.0 Å². The molecule has 0 spiro atoms. The van der Waals surface area contributed by atoms with E-state index in [0.29, 0.717) is 19.0 Å². The van der Waals surface area contributed by atoms with Gasteiger partial charge in [-0.05, 0) is 44.4 Å². The number of fused-ring (bicyclic) bond motifs is 3. The van der Waals surface area contributed by atoms with Crippen LogP contribution in [0.3, 0.4) is 0 Å². The number of carbonyl (C=O) groups excluding carboxylic acids is 1. The number of rotatable bonds is 5. The minimum absolute atomic E-state index is 0.0202. The van der Waals surface area contributed by atoms with Crippen LogP contribution in [0.15, 0.2) is 47.6 Å². The van der Waals surface area contributed by atoms with Crippen LogP contribution in [-0.2, 0) is 13.0 Å². The summed E-state index contributed by atoms with van der Waals surface area (Å²) in [5, 5.41) is 4.95. The molecule has 7 heteroatoms. The van der Waals surface area contributed by atoms with Crippen LogP contribution in [0.4, 0.5) is 5.82 Å². The van der Waals surface area contributed by atoms with E-state index in [-0.39, 0.29) is 11.4 Å². The van der Waals surface area contributed by atoms with Crippen LogP contribution in [0.1, 0.15) is 54.4 Å². The van der Waals surface area contributed by atoms with E-state index in [4.69, 9.17) is 10.1 Å². The first-order chi connectivity index (χ1) is 15.8. The second-order valence-electron chi connectivity index (χ2n) is 9.65. The lowest BCUT2D eigenvalue weighted by atomic mass is 10.1. The predicted molar refractivity (Wildman–Crippen MR) is 131 cm³/mol. The maximum Gasteiger partial charge on any atom is 0.266 e. The molecule has 3 aromatic rings. The normalized spacial score (nSPS) is 16.6. The number of amides is 1. The molecule has 0 aliphatic carbocycles. The zero-order valence-corrected chi connectivity index (χ0v) is 20.0. The van der Waals surface area contributed by atoms with E-state index in [2.05, 4.69) is 61.0 Å². The largest absolute Gasteiger partial charge is 0.292 e. The summed E-state index contributed by atoms with van der Waals surface area (Å²) in [6, 6.07) is 12.6. The van der Waals surface area contributed by atoms with Crippen LogP contribution in [0.25, 0.3) is 11.3 Å². The molecule has 0 fully saturated rings. The maximum atomic E-state index is 13.3. The van der Waals surface area contributed by atoms with Gasteiger partial charge in [0.25, 0.3) is 5.91 Å². The molecular weight excluding hydrogens is 412 g/mol. The lowest BCUT2D eigenvalue weighted by Crippen LogP contribution is -2.48. The van der Waals surface area contributed by atoms with Crippen LogP contribution < -0.4 is 4.90 Å². The quantitative estimate of drug-likeness (QED) is 0.591. The number of hydrogen-bond donors (Lipinski definition) is 0. The Bertz CT molecular complexity index is 1240. The highest BCUT2D eigenvalue weighted by Gasteiger charge is 2.44. The second kappa shape index (κ2) is 7.83. The highest BCUT2D eigenvalue weighted by Crippen LogP contribution is 2.36. The summed E-state index contributed by atoms with van der Waals surface area (Å²) in [5.41, 5.74) is 5.80. The van der Waals surface area contributed by atoms with Gasteiger partial charge in [-0.15, -0.1) is 0 Å². The Kier molecular flexibility index (Phi) is 5.07. The van der Waals surface area contributed by atoms with Crippen LogP contribution in [0.5, 0.6) is 0 Å². The molecule has 1 amide bonds. The first-order valence-electron chi connectivity index (χ1n) is 11.5. The molecule has 0 saturated carbocycles. The van der Waals surface area contributed by atoms with Crippen molar-refractivity contribution in [2.45, 2.75) is 52.6 Å². The average molecular weight is 443 g/mol. The molecule has 5 rings (SSSR count). The summed E-state index contributed by atoms with van der Waals surface area (Å²) in [4.78, 5) is 26.4. The first-order valence-corrected chi connectivity index (χ1v) is 11.5. The summed E-state index contributed by atoms with van der Waals surface area (Å²) in [5.74, 6) is 1.42. The zero-order valence-electron chi connectivity index (χ0n) is 20.0. The van der Waals surface area contributed by atoms with Gasteiger partial charge in [0.15, 0.2) is 5.82 Å². The van der Waals surface area contributed by atoms with Gasteiger partial charge < -0.3 is 0 Å². The molecule has 2 aliphatic rings. The van der Waals surface area contributed by atoms with Crippen LogP contribution in [0.2, 0.25) is 0 Å². The monoisotopic (exact) mass is 442 g/mol. The van der Waals surface area contributed by atoms with E-state index in [1.165, 1.54) is 0 Å². The Morgan fingerprint density at radius 1 is 1.09 bits per heavy atom. The zero-order chi connectivity index (χ0) is 23.3. The number of aryl methyl sites for hydroxylation is 1. The molecule has 4 heterocycles. The van der Waals surface area contributed by atoms with E-state index in [1.807, 2.05) is 30.9 Å². The van der Waals surface area contributed by atoms with Gasteiger partial charge in [-0.25, -0.2) is 4.99 Å². The topological polar surface area (TPSA) is 66.6 Å². The molecule has 7 nitrogen and oxygen atoms in total. The third-order valence-corrected chi connectivity index (χ3v) is 6.28. The van der Waals surface area contributed by atoms with Crippen LogP contribution in [0, 0.1) is 6.92 Å². The summed E-state index contributed by atoms with van der Waals surface area (Å²) in [6.45, 7) is 9.68. The summed E-state index contributed by atoms with van der Waals surface area (Å²) >= 11 is 0. The summed E-state index contributed by atoms with van der Waals surface area (Å²) in [7, 11) is 1.81. The van der Waals surface area contributed by atoms with Crippen LogP contribution in [-0.4, -0.2) is 50.7 Å². The molecule has 0 saturated heterocycles. The van der Waals surface area contributed by atoms with Gasteiger partial charge >= 0.3 is 0 Å². The molecule has 1 aromatic carbocycles. The molecule has 33 heavy (non-hydrogen) atoms. The third-order valence-electron chi connectivity index (χ3n) is 6.28. The SMILES string of the molecule is CCCc1c2c(nn1Cc1ccc(-c3ccc(C)cn3)cc1)N1CC(C)(C)N=C1N(C)C2=O. The Morgan fingerprint density at radius 2 is 1.85 bits per heavy atom. The van der Waals surface area contributed by atoms with E-state index < -0.39 is 0 Å². The number of anilines is 1. The lowest BCUT2D eigenvalue weighted by molar-refractivity contribution is 0.0864. The Balaban J connectivity index is 1.49. The number of nitrogens with zero attached hydrogens (tertiary/aromatic N) is 6.